The van der Waals surface area contributed by atoms with Gasteiger partial charge in [-0.2, -0.15) is 13.2 Å². The van der Waals surface area contributed by atoms with Crippen LogP contribution in [0.1, 0.15) is 59.8 Å². The van der Waals surface area contributed by atoms with E-state index in [0.29, 0.717) is 24.4 Å². The lowest BCUT2D eigenvalue weighted by Crippen LogP contribution is -2.35. The molecule has 1 atom stereocenters. The molecule has 2 aromatic heterocycles. The Labute approximate surface area is 213 Å². The fourth-order valence-electron chi connectivity index (χ4n) is 5.11. The topological polar surface area (TPSA) is 79.2 Å². The molecule has 2 aliphatic rings. The molecule has 1 amide bonds. The van der Waals surface area contributed by atoms with E-state index >= 15 is 0 Å². The van der Waals surface area contributed by atoms with E-state index in [1.54, 1.807) is 18.4 Å². The van der Waals surface area contributed by atoms with E-state index in [0.717, 1.165) is 36.0 Å². The highest BCUT2D eigenvalue weighted by atomic mass is 19.4. The van der Waals surface area contributed by atoms with Gasteiger partial charge < -0.3 is 9.88 Å². The van der Waals surface area contributed by atoms with Gasteiger partial charge in [0.05, 0.1) is 17.8 Å². The maximum atomic E-state index is 13.9. The van der Waals surface area contributed by atoms with Crippen LogP contribution in [-0.4, -0.2) is 49.3 Å². The minimum atomic E-state index is -4.55. The van der Waals surface area contributed by atoms with Gasteiger partial charge in [-0.15, -0.1) is 10.2 Å². The maximum Gasteiger partial charge on any atom is 0.418 e. The van der Waals surface area contributed by atoms with Gasteiger partial charge in [0.25, 0.3) is 0 Å². The van der Waals surface area contributed by atoms with Gasteiger partial charge in [0.1, 0.15) is 12.2 Å². The first-order valence-electron chi connectivity index (χ1n) is 12.4. The number of hydrogen-bond acceptors (Lipinski definition) is 6. The van der Waals surface area contributed by atoms with E-state index in [4.69, 9.17) is 0 Å². The Bertz CT molecular complexity index is 1270. The second-order valence-corrected chi connectivity index (χ2v) is 9.84. The van der Waals surface area contributed by atoms with Crippen molar-refractivity contribution in [3.63, 3.8) is 0 Å². The highest BCUT2D eigenvalue weighted by Gasteiger charge is 2.35. The number of rotatable bonds is 8. The predicted molar refractivity (Wildman–Crippen MR) is 131 cm³/mol. The summed E-state index contributed by atoms with van der Waals surface area (Å²) in [6, 6.07) is 8.92. The molecule has 1 saturated heterocycles. The minimum Gasteiger partial charge on any atom is -0.379 e. The number of amides is 1. The lowest BCUT2D eigenvalue weighted by atomic mass is 9.72. The summed E-state index contributed by atoms with van der Waals surface area (Å²) in [5, 5.41) is 14.7. The van der Waals surface area contributed by atoms with Crippen LogP contribution in [0.25, 0.3) is 0 Å². The number of nitrogens with zero attached hydrogens (tertiary/aromatic N) is 6. The quantitative estimate of drug-likeness (QED) is 0.483. The van der Waals surface area contributed by atoms with Crippen molar-refractivity contribution >= 4 is 11.6 Å². The lowest BCUT2D eigenvalue weighted by molar-refractivity contribution is -0.139. The van der Waals surface area contributed by atoms with Crippen LogP contribution in [0.4, 0.5) is 18.9 Å². The number of anilines is 1. The summed E-state index contributed by atoms with van der Waals surface area (Å²) in [4.78, 5) is 15.9. The fourth-order valence-corrected chi connectivity index (χ4v) is 5.11. The van der Waals surface area contributed by atoms with Gasteiger partial charge in [-0.25, -0.2) is 5.01 Å². The zero-order valence-corrected chi connectivity index (χ0v) is 20.9. The van der Waals surface area contributed by atoms with Crippen molar-refractivity contribution in [2.24, 2.45) is 13.0 Å². The summed E-state index contributed by atoms with van der Waals surface area (Å²) in [5.74, 6) is 1.39. The molecule has 0 unspecified atom stereocenters. The molecule has 5 rings (SSSR count). The Morgan fingerprint density at radius 1 is 1.19 bits per heavy atom. The lowest BCUT2D eigenvalue weighted by Gasteiger charge is -2.33. The van der Waals surface area contributed by atoms with Crippen LogP contribution in [0.3, 0.4) is 0 Å². The van der Waals surface area contributed by atoms with Gasteiger partial charge in [0, 0.05) is 51.4 Å². The number of aromatic nitrogens is 4. The summed E-state index contributed by atoms with van der Waals surface area (Å²) in [6.07, 6.45) is 2.37. The fraction of sp³-hybridized carbons (Fsp3) is 0.462. The molecule has 1 aliphatic heterocycles. The number of hydrogen-bond donors (Lipinski definition) is 1. The highest BCUT2D eigenvalue weighted by Crippen LogP contribution is 2.43. The maximum absolute atomic E-state index is 13.9. The van der Waals surface area contributed by atoms with E-state index in [2.05, 4.69) is 20.5 Å². The molecule has 1 N–H and O–H groups in total. The number of aryl methyl sites for hydroxylation is 1. The van der Waals surface area contributed by atoms with Crippen LogP contribution in [0, 0.1) is 5.92 Å². The monoisotopic (exact) mass is 513 g/mol. The number of carbonyl (C=O) groups excluding carboxylic acids is 1. The zero-order chi connectivity index (χ0) is 26.2. The van der Waals surface area contributed by atoms with Gasteiger partial charge in [0.15, 0.2) is 0 Å². The van der Waals surface area contributed by atoms with Crippen molar-refractivity contribution in [2.75, 3.05) is 18.9 Å². The smallest absolute Gasteiger partial charge is 0.379 e. The molecule has 1 aromatic carbocycles. The van der Waals surface area contributed by atoms with Crippen molar-refractivity contribution in [3.05, 3.63) is 71.1 Å². The summed E-state index contributed by atoms with van der Waals surface area (Å²) in [6.45, 7) is 0.601. The summed E-state index contributed by atoms with van der Waals surface area (Å²) in [5.41, 5.74) is 1.35. The molecule has 0 bridgehead atoms. The third-order valence-corrected chi connectivity index (χ3v) is 7.42. The summed E-state index contributed by atoms with van der Waals surface area (Å²) >= 11 is 0. The Balaban J connectivity index is 1.34. The Morgan fingerprint density at radius 3 is 2.62 bits per heavy atom. The molecule has 0 radical (unpaired) electrons. The first-order chi connectivity index (χ1) is 17.7. The van der Waals surface area contributed by atoms with Crippen LogP contribution >= 0.6 is 0 Å². The van der Waals surface area contributed by atoms with Crippen molar-refractivity contribution in [1.82, 2.24) is 29.8 Å². The largest absolute Gasteiger partial charge is 0.418 e. The second kappa shape index (κ2) is 10.1. The van der Waals surface area contributed by atoms with Crippen LogP contribution in [0.5, 0.6) is 0 Å². The molecule has 1 aliphatic carbocycles. The van der Waals surface area contributed by atoms with Crippen LogP contribution in [0.15, 0.2) is 42.9 Å². The molecule has 0 spiro atoms. The average Bonchev–Trinajstić information content (AvgIpc) is 3.40. The first kappa shape index (κ1) is 25.2. The molecule has 2 fully saturated rings. The Kier molecular flexibility index (Phi) is 6.89. The second-order valence-electron chi connectivity index (χ2n) is 9.84. The van der Waals surface area contributed by atoms with Gasteiger partial charge in [-0.05, 0) is 48.1 Å². The van der Waals surface area contributed by atoms with E-state index in [1.807, 2.05) is 35.9 Å². The molecular formula is C26H30F3N7O. The molecule has 37 heavy (non-hydrogen) atoms. The normalized spacial score (nSPS) is 17.8. The van der Waals surface area contributed by atoms with Crippen molar-refractivity contribution < 1.29 is 18.0 Å². The first-order valence-corrected chi connectivity index (χ1v) is 12.4. The minimum absolute atomic E-state index is 0.0502. The van der Waals surface area contributed by atoms with Gasteiger partial charge in [-0.1, -0.05) is 18.6 Å². The Morgan fingerprint density at radius 2 is 2.00 bits per heavy atom. The SMILES string of the molecule is CN1C(=O)CCN1Cc1cnc(CNc2cccc([C@H](c3nncn3C)C3CCC3)c2)c(C(F)(F)F)c1. The standard InChI is InChI=1S/C26H30F3N7O/c1-34-16-32-33-25(34)24(18-5-3-6-18)19-7-4-8-20(12-19)30-14-22-21(26(27,28)29)11-17(13-31-22)15-36-10-9-23(37)35(36)2/h4,7-8,11-13,16,18,24,30H,3,5-6,9-10,14-15H2,1-2H3/t24-/m1/s1. The molecule has 8 nitrogen and oxygen atoms in total. The molecular weight excluding hydrogens is 483 g/mol. The van der Waals surface area contributed by atoms with E-state index in [-0.39, 0.29) is 30.6 Å². The van der Waals surface area contributed by atoms with Crippen molar-refractivity contribution in [3.8, 4) is 0 Å². The summed E-state index contributed by atoms with van der Waals surface area (Å²) < 4.78 is 43.8. The van der Waals surface area contributed by atoms with Crippen LogP contribution in [0.2, 0.25) is 0 Å². The number of halogens is 3. The zero-order valence-electron chi connectivity index (χ0n) is 20.9. The summed E-state index contributed by atoms with van der Waals surface area (Å²) in [7, 11) is 3.55. The third kappa shape index (κ3) is 5.31. The van der Waals surface area contributed by atoms with Crippen molar-refractivity contribution in [1.29, 1.82) is 0 Å². The van der Waals surface area contributed by atoms with Crippen molar-refractivity contribution in [2.45, 2.75) is 50.9 Å². The number of carbonyl (C=O) groups is 1. The van der Waals surface area contributed by atoms with Gasteiger partial charge >= 0.3 is 6.18 Å². The number of alkyl halides is 3. The number of nitrogens with one attached hydrogen (secondary N) is 1. The van der Waals surface area contributed by atoms with Gasteiger partial charge in [0.2, 0.25) is 5.91 Å². The number of benzene rings is 1. The van der Waals surface area contributed by atoms with Crippen LogP contribution < -0.4 is 5.32 Å². The van der Waals surface area contributed by atoms with E-state index in [9.17, 15) is 18.0 Å². The number of pyridine rings is 1. The number of hydrazine groups is 1. The predicted octanol–water partition coefficient (Wildman–Crippen LogP) is 4.35. The molecule has 196 valence electrons. The van der Waals surface area contributed by atoms with E-state index < -0.39 is 11.7 Å². The molecule has 3 aromatic rings. The van der Waals surface area contributed by atoms with Gasteiger partial charge in [-0.3, -0.25) is 14.8 Å². The average molecular weight is 514 g/mol. The molecule has 1 saturated carbocycles. The van der Waals surface area contributed by atoms with Crippen LogP contribution in [-0.2, 0) is 31.1 Å². The van der Waals surface area contributed by atoms with E-state index in [1.165, 1.54) is 17.6 Å². The third-order valence-electron chi connectivity index (χ3n) is 7.42. The molecule has 11 heteroatoms. The molecule has 3 heterocycles. The highest BCUT2D eigenvalue weighted by molar-refractivity contribution is 5.77. The Hall–Kier alpha value is -3.47.